The van der Waals surface area contributed by atoms with Crippen molar-refractivity contribution in [1.82, 2.24) is 5.32 Å². The first-order valence-electron chi connectivity index (χ1n) is 8.09. The van der Waals surface area contributed by atoms with Crippen LogP contribution in [0.5, 0.6) is 5.75 Å². The molecule has 3 nitrogen and oxygen atoms in total. The summed E-state index contributed by atoms with van der Waals surface area (Å²) in [6, 6.07) is 13.9. The van der Waals surface area contributed by atoms with Gasteiger partial charge in [-0.1, -0.05) is 45.0 Å². The van der Waals surface area contributed by atoms with E-state index >= 15 is 0 Å². The lowest BCUT2D eigenvalue weighted by atomic mass is 9.87. The second-order valence-electron chi connectivity index (χ2n) is 6.78. The minimum Gasteiger partial charge on any atom is -0.492 e. The van der Waals surface area contributed by atoms with Gasteiger partial charge in [-0.25, -0.2) is 4.39 Å². The largest absolute Gasteiger partial charge is 0.492 e. The monoisotopic (exact) mass is 329 g/mol. The van der Waals surface area contributed by atoms with Crippen LogP contribution in [0, 0.1) is 5.82 Å². The summed E-state index contributed by atoms with van der Waals surface area (Å²) in [6.07, 6.45) is 0.236. The second kappa shape index (κ2) is 7.95. The molecule has 0 spiro atoms. The van der Waals surface area contributed by atoms with E-state index in [1.54, 1.807) is 12.1 Å². The highest BCUT2D eigenvalue weighted by Crippen LogP contribution is 2.25. The van der Waals surface area contributed by atoms with Gasteiger partial charge in [0.1, 0.15) is 18.2 Å². The van der Waals surface area contributed by atoms with Crippen molar-refractivity contribution in [2.45, 2.75) is 32.6 Å². The van der Waals surface area contributed by atoms with Gasteiger partial charge in [0, 0.05) is 0 Å². The number of hydrogen-bond acceptors (Lipinski definition) is 2. The highest BCUT2D eigenvalue weighted by molar-refractivity contribution is 5.78. The third kappa shape index (κ3) is 5.69. The molecule has 1 N–H and O–H groups in total. The molecule has 0 aliphatic heterocycles. The predicted octanol–water partition coefficient (Wildman–Crippen LogP) is 3.86. The number of amides is 1. The van der Waals surface area contributed by atoms with Crippen molar-refractivity contribution < 1.29 is 13.9 Å². The smallest absolute Gasteiger partial charge is 0.224 e. The number of carbonyl (C=O) groups excluding carboxylic acids is 1. The zero-order valence-electron chi connectivity index (χ0n) is 14.4. The highest BCUT2D eigenvalue weighted by Gasteiger charge is 2.13. The molecule has 0 aromatic heterocycles. The molecule has 0 saturated carbocycles. The fourth-order valence-corrected chi connectivity index (χ4v) is 2.26. The Hall–Kier alpha value is -2.36. The average Bonchev–Trinajstić information content (AvgIpc) is 2.53. The molecule has 0 bridgehead atoms. The lowest BCUT2D eigenvalue weighted by Gasteiger charge is -2.19. The van der Waals surface area contributed by atoms with Gasteiger partial charge in [-0.2, -0.15) is 0 Å². The first-order chi connectivity index (χ1) is 11.3. The van der Waals surface area contributed by atoms with Gasteiger partial charge in [0.2, 0.25) is 5.91 Å². The maximum Gasteiger partial charge on any atom is 0.224 e. The minimum absolute atomic E-state index is 0.0722. The zero-order chi connectivity index (χ0) is 17.6. The summed E-state index contributed by atoms with van der Waals surface area (Å²) in [4.78, 5) is 11.8. The fraction of sp³-hybridized carbons (Fsp3) is 0.350. The van der Waals surface area contributed by atoms with E-state index in [2.05, 4.69) is 32.2 Å². The molecule has 2 rings (SSSR count). The van der Waals surface area contributed by atoms with Crippen LogP contribution in [-0.4, -0.2) is 19.1 Å². The van der Waals surface area contributed by atoms with Crippen LogP contribution in [0.25, 0.3) is 0 Å². The summed E-state index contributed by atoms with van der Waals surface area (Å²) in [5, 5.41) is 2.80. The van der Waals surface area contributed by atoms with Crippen molar-refractivity contribution in [3.63, 3.8) is 0 Å². The lowest BCUT2D eigenvalue weighted by Crippen LogP contribution is -2.29. The number of rotatable bonds is 6. The molecule has 0 fully saturated rings. The van der Waals surface area contributed by atoms with Crippen molar-refractivity contribution >= 4 is 5.91 Å². The van der Waals surface area contributed by atoms with Gasteiger partial charge in [-0.15, -0.1) is 0 Å². The summed E-state index contributed by atoms with van der Waals surface area (Å²) in [6.45, 7) is 7.30. The van der Waals surface area contributed by atoms with E-state index in [1.807, 2.05) is 18.2 Å². The molecule has 0 unspecified atom stereocenters. The molecule has 2 aromatic rings. The van der Waals surface area contributed by atoms with Crippen molar-refractivity contribution in [1.29, 1.82) is 0 Å². The Morgan fingerprint density at radius 3 is 2.50 bits per heavy atom. The van der Waals surface area contributed by atoms with Gasteiger partial charge in [0.25, 0.3) is 0 Å². The van der Waals surface area contributed by atoms with E-state index in [1.165, 1.54) is 17.7 Å². The van der Waals surface area contributed by atoms with E-state index in [0.29, 0.717) is 13.2 Å². The quantitative estimate of drug-likeness (QED) is 0.817. The Kier molecular flexibility index (Phi) is 5.96. The van der Waals surface area contributed by atoms with Crippen LogP contribution in [-0.2, 0) is 16.6 Å². The number of carbonyl (C=O) groups is 1. The van der Waals surface area contributed by atoms with Crippen molar-refractivity contribution in [2.75, 3.05) is 13.2 Å². The third-order valence-electron chi connectivity index (χ3n) is 3.67. The predicted molar refractivity (Wildman–Crippen MR) is 93.8 cm³/mol. The third-order valence-corrected chi connectivity index (χ3v) is 3.67. The molecule has 2 aromatic carbocycles. The summed E-state index contributed by atoms with van der Waals surface area (Å²) in [5.41, 5.74) is 2.07. The van der Waals surface area contributed by atoms with Crippen LogP contribution >= 0.6 is 0 Å². The molecule has 0 aliphatic rings. The average molecular weight is 329 g/mol. The first kappa shape index (κ1) is 18.0. The summed E-state index contributed by atoms with van der Waals surface area (Å²) >= 11 is 0. The van der Waals surface area contributed by atoms with Crippen LogP contribution in [0.15, 0.2) is 48.5 Å². The van der Waals surface area contributed by atoms with Gasteiger partial charge in [-0.05, 0) is 40.8 Å². The first-order valence-corrected chi connectivity index (χ1v) is 8.09. The lowest BCUT2D eigenvalue weighted by molar-refractivity contribution is -0.120. The van der Waals surface area contributed by atoms with Crippen LogP contribution in [0.4, 0.5) is 4.39 Å². The molecule has 0 heterocycles. The van der Waals surface area contributed by atoms with Gasteiger partial charge in [0.15, 0.2) is 0 Å². The Balaban J connectivity index is 1.74. The van der Waals surface area contributed by atoms with Crippen molar-refractivity contribution in [2.24, 2.45) is 0 Å². The maximum atomic E-state index is 12.8. The molecule has 4 heteroatoms. The number of hydrogen-bond donors (Lipinski definition) is 1. The van der Waals surface area contributed by atoms with Crippen LogP contribution in [0.2, 0.25) is 0 Å². The van der Waals surface area contributed by atoms with Crippen molar-refractivity contribution in [3.05, 3.63) is 65.5 Å². The second-order valence-corrected chi connectivity index (χ2v) is 6.78. The molecule has 128 valence electrons. The number of halogens is 1. The van der Waals surface area contributed by atoms with E-state index in [9.17, 15) is 9.18 Å². The van der Waals surface area contributed by atoms with Gasteiger partial charge in [0.05, 0.1) is 13.0 Å². The van der Waals surface area contributed by atoms with Crippen LogP contribution in [0.3, 0.4) is 0 Å². The Labute approximate surface area is 142 Å². The Morgan fingerprint density at radius 1 is 1.12 bits per heavy atom. The highest BCUT2D eigenvalue weighted by atomic mass is 19.1. The topological polar surface area (TPSA) is 38.3 Å². The van der Waals surface area contributed by atoms with E-state index in [0.717, 1.165) is 11.3 Å². The summed E-state index contributed by atoms with van der Waals surface area (Å²) in [7, 11) is 0. The number of benzene rings is 2. The molecule has 0 saturated heterocycles. The van der Waals surface area contributed by atoms with E-state index in [4.69, 9.17) is 4.74 Å². The molecule has 1 amide bonds. The summed E-state index contributed by atoms with van der Waals surface area (Å²) in [5.74, 6) is 0.397. The molecular weight excluding hydrogens is 305 g/mol. The maximum absolute atomic E-state index is 12.8. The van der Waals surface area contributed by atoms with Gasteiger partial charge < -0.3 is 10.1 Å². The van der Waals surface area contributed by atoms with E-state index < -0.39 is 0 Å². The molecule has 0 aliphatic carbocycles. The fourth-order valence-electron chi connectivity index (χ4n) is 2.26. The standard InChI is InChI=1S/C20H24FNO2/c1-20(2,3)16-5-4-6-18(14-16)24-12-11-22-19(23)13-15-7-9-17(21)10-8-15/h4-10,14H,11-13H2,1-3H3,(H,22,23). The Bertz CT molecular complexity index is 675. The minimum atomic E-state index is -0.301. The molecule has 24 heavy (non-hydrogen) atoms. The normalized spacial score (nSPS) is 11.2. The van der Waals surface area contributed by atoms with Gasteiger partial charge >= 0.3 is 0 Å². The number of ether oxygens (including phenoxy) is 1. The molecule has 0 atom stereocenters. The number of nitrogens with one attached hydrogen (secondary N) is 1. The molecular formula is C20H24FNO2. The van der Waals surface area contributed by atoms with E-state index in [-0.39, 0.29) is 23.6 Å². The van der Waals surface area contributed by atoms with Crippen molar-refractivity contribution in [3.8, 4) is 5.75 Å². The SMILES string of the molecule is CC(C)(C)c1cccc(OCCNC(=O)Cc2ccc(F)cc2)c1. The van der Waals surface area contributed by atoms with Gasteiger partial charge in [-0.3, -0.25) is 4.79 Å². The Morgan fingerprint density at radius 2 is 1.83 bits per heavy atom. The summed E-state index contributed by atoms with van der Waals surface area (Å²) < 4.78 is 18.5. The van der Waals surface area contributed by atoms with Crippen LogP contribution < -0.4 is 10.1 Å². The van der Waals surface area contributed by atoms with Crippen LogP contribution in [0.1, 0.15) is 31.9 Å². The zero-order valence-corrected chi connectivity index (χ0v) is 14.4. The molecule has 0 radical (unpaired) electrons.